The second kappa shape index (κ2) is 5.65. The van der Waals surface area contributed by atoms with Gasteiger partial charge >= 0.3 is 0 Å². The summed E-state index contributed by atoms with van der Waals surface area (Å²) in [6, 6.07) is 5.81. The Balaban J connectivity index is 2.34. The van der Waals surface area contributed by atoms with Crippen molar-refractivity contribution < 1.29 is 9.53 Å². The number of anilines is 1. The summed E-state index contributed by atoms with van der Waals surface area (Å²) in [4.78, 5) is 13.9. The van der Waals surface area contributed by atoms with Gasteiger partial charge in [-0.1, -0.05) is 15.9 Å². The van der Waals surface area contributed by atoms with E-state index in [1.54, 1.807) is 6.92 Å². The molecule has 0 aromatic heterocycles. The molecule has 2 rings (SSSR count). The van der Waals surface area contributed by atoms with Gasteiger partial charge < -0.3 is 9.64 Å². The van der Waals surface area contributed by atoms with Crippen LogP contribution < -0.4 is 4.90 Å². The van der Waals surface area contributed by atoms with Crippen LogP contribution >= 0.6 is 15.9 Å². The summed E-state index contributed by atoms with van der Waals surface area (Å²) in [5, 5.41) is 0. The van der Waals surface area contributed by atoms with Crippen molar-refractivity contribution in [3.63, 3.8) is 0 Å². The van der Waals surface area contributed by atoms with Crippen LogP contribution in [0.25, 0.3) is 0 Å². The highest BCUT2D eigenvalue weighted by molar-refractivity contribution is 9.10. The first-order valence-corrected chi connectivity index (χ1v) is 6.61. The molecule has 1 fully saturated rings. The summed E-state index contributed by atoms with van der Waals surface area (Å²) in [6.45, 7) is 4.93. The Bertz CT molecular complexity index is 412. The van der Waals surface area contributed by atoms with Crippen molar-refractivity contribution in [2.45, 2.75) is 13.3 Å². The number of benzene rings is 1. The van der Waals surface area contributed by atoms with Crippen LogP contribution in [0.1, 0.15) is 23.7 Å². The fourth-order valence-electron chi connectivity index (χ4n) is 2.05. The lowest BCUT2D eigenvalue weighted by atomic mass is 10.1. The zero-order chi connectivity index (χ0) is 12.3. The molecule has 0 saturated carbocycles. The molecule has 3 nitrogen and oxygen atoms in total. The Hall–Kier alpha value is -0.870. The Kier molecular flexibility index (Phi) is 4.18. The highest BCUT2D eigenvalue weighted by Crippen LogP contribution is 2.26. The summed E-state index contributed by atoms with van der Waals surface area (Å²) in [7, 11) is 0. The van der Waals surface area contributed by atoms with Gasteiger partial charge in [0.25, 0.3) is 0 Å². The number of nitrogens with zero attached hydrogens (tertiary/aromatic N) is 1. The number of carbonyl (C=O) groups excluding carboxylic acids is 1. The minimum atomic E-state index is 0.109. The van der Waals surface area contributed by atoms with Crippen molar-refractivity contribution in [3.8, 4) is 0 Å². The first-order valence-electron chi connectivity index (χ1n) is 5.81. The second-order valence-corrected chi connectivity index (χ2v) is 5.09. The highest BCUT2D eigenvalue weighted by atomic mass is 79.9. The fraction of sp³-hybridized carbons (Fsp3) is 0.462. The normalized spacial score (nSPS) is 16.7. The van der Waals surface area contributed by atoms with Crippen LogP contribution in [0.5, 0.6) is 0 Å². The third-order valence-electron chi connectivity index (χ3n) is 2.90. The Morgan fingerprint density at radius 2 is 2.18 bits per heavy atom. The van der Waals surface area contributed by atoms with Gasteiger partial charge in [-0.25, -0.2) is 0 Å². The average molecular weight is 298 g/mol. The maximum absolute atomic E-state index is 11.6. The van der Waals surface area contributed by atoms with Gasteiger partial charge in [-0.2, -0.15) is 0 Å². The van der Waals surface area contributed by atoms with E-state index in [9.17, 15) is 4.79 Å². The van der Waals surface area contributed by atoms with Gasteiger partial charge in [0, 0.05) is 35.4 Å². The third-order valence-corrected chi connectivity index (χ3v) is 3.40. The molecule has 1 aromatic carbocycles. The van der Waals surface area contributed by atoms with E-state index in [1.807, 2.05) is 18.2 Å². The minimum Gasteiger partial charge on any atom is -0.380 e. The van der Waals surface area contributed by atoms with Gasteiger partial charge in [-0.15, -0.1) is 0 Å². The number of hydrogen-bond donors (Lipinski definition) is 0. The molecule has 0 N–H and O–H groups in total. The molecule has 0 bridgehead atoms. The van der Waals surface area contributed by atoms with Gasteiger partial charge in [-0.3, -0.25) is 4.79 Å². The zero-order valence-electron chi connectivity index (χ0n) is 9.91. The summed E-state index contributed by atoms with van der Waals surface area (Å²) >= 11 is 3.46. The van der Waals surface area contributed by atoms with Gasteiger partial charge in [0.15, 0.2) is 5.78 Å². The number of hydrogen-bond acceptors (Lipinski definition) is 3. The number of ketones is 1. The Morgan fingerprint density at radius 1 is 1.35 bits per heavy atom. The maximum Gasteiger partial charge on any atom is 0.161 e. The molecule has 1 aliphatic rings. The molecule has 4 heteroatoms. The first-order chi connectivity index (χ1) is 8.18. The smallest absolute Gasteiger partial charge is 0.161 e. The Labute approximate surface area is 110 Å². The molecular weight excluding hydrogens is 282 g/mol. The van der Waals surface area contributed by atoms with Gasteiger partial charge in [0.1, 0.15) is 0 Å². The monoisotopic (exact) mass is 297 g/mol. The molecule has 0 spiro atoms. The van der Waals surface area contributed by atoms with E-state index in [1.165, 1.54) is 0 Å². The largest absolute Gasteiger partial charge is 0.380 e. The fourth-order valence-corrected chi connectivity index (χ4v) is 2.40. The molecule has 0 amide bonds. The van der Waals surface area contributed by atoms with Crippen molar-refractivity contribution in [1.29, 1.82) is 0 Å². The molecular formula is C13H16BrNO2. The third kappa shape index (κ3) is 3.07. The van der Waals surface area contributed by atoms with E-state index < -0.39 is 0 Å². The second-order valence-electron chi connectivity index (χ2n) is 4.17. The molecule has 17 heavy (non-hydrogen) atoms. The standard InChI is InChI=1S/C13H16BrNO2/c1-10(16)12-4-3-11(14)9-13(12)15-5-2-7-17-8-6-15/h3-4,9H,2,5-8H2,1H3. The van der Waals surface area contributed by atoms with Crippen molar-refractivity contribution in [2.75, 3.05) is 31.2 Å². The number of halogens is 1. The number of ether oxygens (including phenoxy) is 1. The van der Waals surface area contributed by atoms with Crippen LogP contribution in [-0.4, -0.2) is 32.1 Å². The summed E-state index contributed by atoms with van der Waals surface area (Å²) in [5.41, 5.74) is 1.80. The Morgan fingerprint density at radius 3 is 2.94 bits per heavy atom. The molecule has 1 heterocycles. The molecule has 1 aliphatic heterocycles. The zero-order valence-corrected chi connectivity index (χ0v) is 11.5. The van der Waals surface area contributed by atoms with Crippen molar-refractivity contribution in [1.82, 2.24) is 0 Å². The lowest BCUT2D eigenvalue weighted by molar-refractivity contribution is 0.101. The first kappa shape index (κ1) is 12.6. The van der Waals surface area contributed by atoms with E-state index in [4.69, 9.17) is 4.74 Å². The number of carbonyl (C=O) groups is 1. The van der Waals surface area contributed by atoms with Gasteiger partial charge in [0.2, 0.25) is 0 Å². The van der Waals surface area contributed by atoms with Crippen molar-refractivity contribution >= 4 is 27.4 Å². The molecule has 0 aliphatic carbocycles. The van der Waals surface area contributed by atoms with Crippen LogP contribution in [0, 0.1) is 0 Å². The molecule has 1 saturated heterocycles. The van der Waals surface area contributed by atoms with Crippen molar-refractivity contribution in [3.05, 3.63) is 28.2 Å². The number of rotatable bonds is 2. The SMILES string of the molecule is CC(=O)c1ccc(Br)cc1N1CCCOCC1. The summed E-state index contributed by atoms with van der Waals surface area (Å²) < 4.78 is 6.44. The molecule has 0 radical (unpaired) electrons. The summed E-state index contributed by atoms with van der Waals surface area (Å²) in [5.74, 6) is 0.109. The van der Waals surface area contributed by atoms with Crippen LogP contribution in [-0.2, 0) is 4.74 Å². The van der Waals surface area contributed by atoms with Crippen molar-refractivity contribution in [2.24, 2.45) is 0 Å². The van der Waals surface area contributed by atoms with E-state index in [-0.39, 0.29) is 5.78 Å². The maximum atomic E-state index is 11.6. The molecule has 0 atom stereocenters. The lowest BCUT2D eigenvalue weighted by Gasteiger charge is -2.24. The number of Topliss-reactive ketones (excluding diaryl/α,β-unsaturated/α-hetero) is 1. The van der Waals surface area contributed by atoms with E-state index in [0.717, 1.165) is 48.4 Å². The van der Waals surface area contributed by atoms with Crippen LogP contribution in [0.2, 0.25) is 0 Å². The minimum absolute atomic E-state index is 0.109. The van der Waals surface area contributed by atoms with E-state index in [0.29, 0.717) is 0 Å². The van der Waals surface area contributed by atoms with Gasteiger partial charge in [0.05, 0.1) is 6.61 Å². The van der Waals surface area contributed by atoms with Crippen LogP contribution in [0.15, 0.2) is 22.7 Å². The van der Waals surface area contributed by atoms with Crippen LogP contribution in [0.3, 0.4) is 0 Å². The summed E-state index contributed by atoms with van der Waals surface area (Å²) in [6.07, 6.45) is 1.00. The molecule has 0 unspecified atom stereocenters. The predicted molar refractivity (Wildman–Crippen MR) is 71.8 cm³/mol. The highest BCUT2D eigenvalue weighted by Gasteiger charge is 2.16. The molecule has 1 aromatic rings. The topological polar surface area (TPSA) is 29.5 Å². The van der Waals surface area contributed by atoms with Crippen LogP contribution in [0.4, 0.5) is 5.69 Å². The van der Waals surface area contributed by atoms with E-state index >= 15 is 0 Å². The average Bonchev–Trinajstić information content (AvgIpc) is 2.56. The lowest BCUT2D eigenvalue weighted by Crippen LogP contribution is -2.27. The molecule has 92 valence electrons. The predicted octanol–water partition coefficient (Wildman–Crippen LogP) is 2.88. The van der Waals surface area contributed by atoms with E-state index in [2.05, 4.69) is 20.8 Å². The van der Waals surface area contributed by atoms with Gasteiger partial charge in [-0.05, 0) is 31.5 Å². The quantitative estimate of drug-likeness (QED) is 0.786.